The Kier molecular flexibility index (Phi) is 5.69. The second-order valence-electron chi connectivity index (χ2n) is 5.75. The smallest absolute Gasteiger partial charge is 0.275 e. The van der Waals surface area contributed by atoms with Gasteiger partial charge in [-0.15, -0.1) is 0 Å². The molecule has 1 amide bonds. The Morgan fingerprint density at radius 3 is 2.63 bits per heavy atom. The normalized spacial score (nSPS) is 10.7. The maximum atomic E-state index is 12.0. The van der Waals surface area contributed by atoms with E-state index in [1.54, 1.807) is 6.07 Å². The molecule has 6 nitrogen and oxygen atoms in total. The summed E-state index contributed by atoms with van der Waals surface area (Å²) in [7, 11) is 0. The molecule has 27 heavy (non-hydrogen) atoms. The van der Waals surface area contributed by atoms with Gasteiger partial charge in [-0.1, -0.05) is 42.5 Å². The summed E-state index contributed by atoms with van der Waals surface area (Å²) >= 11 is 0. The van der Waals surface area contributed by atoms with Crippen LogP contribution in [0, 0.1) is 0 Å². The molecule has 0 atom stereocenters. The number of ether oxygens (including phenoxy) is 1. The molecule has 3 aromatic carbocycles. The Labute approximate surface area is 156 Å². The summed E-state index contributed by atoms with van der Waals surface area (Å²) in [5, 5.41) is 23.0. The van der Waals surface area contributed by atoms with Crippen LogP contribution in [0.4, 0.5) is 0 Å². The SMILES string of the molecule is O=C(N/N=C/c1cccc(OCc2ccccc2)c1)c1cc(O)ccc1O. The fourth-order valence-electron chi connectivity index (χ4n) is 2.36. The number of nitrogens with one attached hydrogen (secondary N) is 1. The topological polar surface area (TPSA) is 91.2 Å². The second kappa shape index (κ2) is 8.53. The lowest BCUT2D eigenvalue weighted by Gasteiger charge is -2.07. The molecule has 0 aromatic heterocycles. The van der Waals surface area contributed by atoms with E-state index in [0.29, 0.717) is 12.4 Å². The van der Waals surface area contributed by atoms with E-state index in [0.717, 1.165) is 17.2 Å². The third-order valence-electron chi connectivity index (χ3n) is 3.71. The number of hydrogen-bond acceptors (Lipinski definition) is 5. The van der Waals surface area contributed by atoms with Crippen LogP contribution >= 0.6 is 0 Å². The van der Waals surface area contributed by atoms with Crippen LogP contribution in [-0.4, -0.2) is 22.3 Å². The number of rotatable bonds is 6. The van der Waals surface area contributed by atoms with E-state index in [-0.39, 0.29) is 17.1 Å². The number of benzene rings is 3. The molecule has 0 unspecified atom stereocenters. The van der Waals surface area contributed by atoms with Crippen LogP contribution in [-0.2, 0) is 6.61 Å². The van der Waals surface area contributed by atoms with E-state index < -0.39 is 5.91 Å². The van der Waals surface area contributed by atoms with Gasteiger partial charge in [0.1, 0.15) is 23.9 Å². The number of carbonyl (C=O) groups excluding carboxylic acids is 1. The number of phenols is 2. The molecule has 3 N–H and O–H groups in total. The van der Waals surface area contributed by atoms with Crippen molar-refractivity contribution in [2.75, 3.05) is 0 Å². The largest absolute Gasteiger partial charge is 0.508 e. The molecule has 6 heteroatoms. The number of carbonyl (C=O) groups is 1. The fourth-order valence-corrected chi connectivity index (χ4v) is 2.36. The molecule has 3 rings (SSSR count). The van der Waals surface area contributed by atoms with Gasteiger partial charge in [0, 0.05) is 0 Å². The summed E-state index contributed by atoms with van der Waals surface area (Å²) in [6, 6.07) is 20.8. The molecule has 0 heterocycles. The Balaban J connectivity index is 1.60. The molecular weight excluding hydrogens is 344 g/mol. The molecule has 0 spiro atoms. The number of nitrogens with zero attached hydrogens (tertiary/aromatic N) is 1. The van der Waals surface area contributed by atoms with Crippen molar-refractivity contribution >= 4 is 12.1 Å². The highest BCUT2D eigenvalue weighted by Gasteiger charge is 2.11. The van der Waals surface area contributed by atoms with Crippen molar-refractivity contribution in [3.63, 3.8) is 0 Å². The van der Waals surface area contributed by atoms with Crippen LogP contribution in [0.15, 0.2) is 77.9 Å². The lowest BCUT2D eigenvalue weighted by Crippen LogP contribution is -2.17. The summed E-state index contributed by atoms with van der Waals surface area (Å²) < 4.78 is 5.75. The van der Waals surface area contributed by atoms with Crippen molar-refractivity contribution in [3.05, 3.63) is 89.5 Å². The summed E-state index contributed by atoms with van der Waals surface area (Å²) in [5.74, 6) is -0.308. The summed E-state index contributed by atoms with van der Waals surface area (Å²) in [6.07, 6.45) is 1.47. The first-order chi connectivity index (χ1) is 13.1. The van der Waals surface area contributed by atoms with Gasteiger partial charge in [0.25, 0.3) is 5.91 Å². The number of aromatic hydroxyl groups is 2. The molecule has 0 bridgehead atoms. The van der Waals surface area contributed by atoms with Gasteiger partial charge in [-0.25, -0.2) is 5.43 Å². The van der Waals surface area contributed by atoms with Crippen molar-refractivity contribution in [3.8, 4) is 17.2 Å². The first-order valence-corrected chi connectivity index (χ1v) is 8.24. The van der Waals surface area contributed by atoms with Gasteiger partial charge in [0.2, 0.25) is 0 Å². The van der Waals surface area contributed by atoms with Gasteiger partial charge in [-0.3, -0.25) is 4.79 Å². The molecular formula is C21H18N2O4. The van der Waals surface area contributed by atoms with Crippen molar-refractivity contribution in [1.82, 2.24) is 5.43 Å². The van der Waals surface area contributed by atoms with Crippen LogP contribution in [0.25, 0.3) is 0 Å². The van der Waals surface area contributed by atoms with Crippen LogP contribution in [0.1, 0.15) is 21.5 Å². The third-order valence-corrected chi connectivity index (χ3v) is 3.71. The first-order valence-electron chi connectivity index (χ1n) is 8.24. The average Bonchev–Trinajstić information content (AvgIpc) is 2.69. The van der Waals surface area contributed by atoms with E-state index in [4.69, 9.17) is 4.74 Å². The number of hydrogen-bond donors (Lipinski definition) is 3. The van der Waals surface area contributed by atoms with Crippen molar-refractivity contribution < 1.29 is 19.7 Å². The zero-order valence-electron chi connectivity index (χ0n) is 14.4. The van der Waals surface area contributed by atoms with E-state index >= 15 is 0 Å². The van der Waals surface area contributed by atoms with Crippen LogP contribution < -0.4 is 10.2 Å². The minimum atomic E-state index is -0.629. The van der Waals surface area contributed by atoms with Gasteiger partial charge in [-0.2, -0.15) is 5.10 Å². The number of phenolic OH excluding ortho intramolecular Hbond substituents is 2. The Hall–Kier alpha value is -3.80. The van der Waals surface area contributed by atoms with Gasteiger partial charge in [0.05, 0.1) is 11.8 Å². The summed E-state index contributed by atoms with van der Waals surface area (Å²) in [6.45, 7) is 0.453. The van der Waals surface area contributed by atoms with Crippen molar-refractivity contribution in [2.45, 2.75) is 6.61 Å². The lowest BCUT2D eigenvalue weighted by atomic mass is 10.2. The minimum Gasteiger partial charge on any atom is -0.508 e. The molecule has 0 saturated carbocycles. The molecule has 0 aliphatic heterocycles. The first kappa shape index (κ1) is 18.0. The molecule has 0 saturated heterocycles. The van der Waals surface area contributed by atoms with Crippen LogP contribution in [0.2, 0.25) is 0 Å². The Morgan fingerprint density at radius 2 is 1.81 bits per heavy atom. The van der Waals surface area contributed by atoms with Crippen LogP contribution in [0.5, 0.6) is 17.2 Å². The summed E-state index contributed by atoms with van der Waals surface area (Å²) in [5.41, 5.74) is 4.05. The van der Waals surface area contributed by atoms with E-state index in [1.807, 2.05) is 48.5 Å². The highest BCUT2D eigenvalue weighted by Crippen LogP contribution is 2.21. The van der Waals surface area contributed by atoms with E-state index in [2.05, 4.69) is 10.5 Å². The van der Waals surface area contributed by atoms with Crippen molar-refractivity contribution in [1.29, 1.82) is 0 Å². The Bertz CT molecular complexity index is 955. The molecule has 0 aliphatic rings. The zero-order chi connectivity index (χ0) is 19.1. The second-order valence-corrected chi connectivity index (χ2v) is 5.75. The minimum absolute atomic E-state index is 0.0629. The fraction of sp³-hybridized carbons (Fsp3) is 0.0476. The Morgan fingerprint density at radius 1 is 1.00 bits per heavy atom. The maximum Gasteiger partial charge on any atom is 0.275 e. The highest BCUT2D eigenvalue weighted by molar-refractivity contribution is 5.97. The predicted molar refractivity (Wildman–Crippen MR) is 102 cm³/mol. The third kappa shape index (κ3) is 5.09. The summed E-state index contributed by atoms with van der Waals surface area (Å²) in [4.78, 5) is 12.0. The van der Waals surface area contributed by atoms with Gasteiger partial charge in [0.15, 0.2) is 0 Å². The van der Waals surface area contributed by atoms with Gasteiger partial charge >= 0.3 is 0 Å². The van der Waals surface area contributed by atoms with Crippen LogP contribution in [0.3, 0.4) is 0 Å². The van der Waals surface area contributed by atoms with Gasteiger partial charge < -0.3 is 14.9 Å². The molecule has 0 radical (unpaired) electrons. The van der Waals surface area contributed by atoms with Crippen molar-refractivity contribution in [2.24, 2.45) is 5.10 Å². The average molecular weight is 362 g/mol. The predicted octanol–water partition coefficient (Wildman–Crippen LogP) is 3.44. The van der Waals surface area contributed by atoms with Gasteiger partial charge in [-0.05, 0) is 41.5 Å². The van der Waals surface area contributed by atoms with E-state index in [9.17, 15) is 15.0 Å². The highest BCUT2D eigenvalue weighted by atomic mass is 16.5. The zero-order valence-corrected chi connectivity index (χ0v) is 14.4. The molecule has 3 aromatic rings. The molecule has 0 fully saturated rings. The van der Waals surface area contributed by atoms with E-state index in [1.165, 1.54) is 18.3 Å². The lowest BCUT2D eigenvalue weighted by molar-refractivity contribution is 0.0952. The number of amides is 1. The quantitative estimate of drug-likeness (QED) is 0.356. The monoisotopic (exact) mass is 362 g/mol. The molecule has 136 valence electrons. The number of hydrazone groups is 1. The molecule has 0 aliphatic carbocycles. The maximum absolute atomic E-state index is 12.0. The standard InChI is InChI=1S/C21H18N2O4/c24-17-9-10-20(25)19(12-17)21(26)23-22-13-16-7-4-8-18(11-16)27-14-15-5-2-1-3-6-15/h1-13,24-25H,14H2,(H,23,26)/b22-13+.